The molecular formula is C28H39N3O6. The summed E-state index contributed by atoms with van der Waals surface area (Å²) in [6, 6.07) is 9.17. The van der Waals surface area contributed by atoms with Crippen LogP contribution in [0.2, 0.25) is 0 Å². The Morgan fingerprint density at radius 1 is 0.946 bits per heavy atom. The van der Waals surface area contributed by atoms with Gasteiger partial charge in [0.05, 0.1) is 6.61 Å². The average Bonchev–Trinajstić information content (AvgIpc) is 2.76. The van der Waals surface area contributed by atoms with Crippen molar-refractivity contribution in [3.05, 3.63) is 59.2 Å². The molecule has 0 aliphatic carbocycles. The molecule has 0 saturated carbocycles. The van der Waals surface area contributed by atoms with Gasteiger partial charge in [-0.05, 0) is 72.6 Å². The van der Waals surface area contributed by atoms with E-state index in [9.17, 15) is 24.6 Å². The number of aryl methyl sites for hydroxylation is 2. The number of phenolic OH excluding ortho intramolecular Hbond substituents is 1. The lowest BCUT2D eigenvalue weighted by molar-refractivity contribution is -0.147. The third-order valence-electron chi connectivity index (χ3n) is 5.60. The zero-order valence-corrected chi connectivity index (χ0v) is 22.9. The second-order valence-corrected chi connectivity index (χ2v) is 11.0. The number of rotatable bonds is 7. The van der Waals surface area contributed by atoms with Crippen molar-refractivity contribution in [1.82, 2.24) is 10.2 Å². The molecule has 0 heterocycles. The number of benzene rings is 2. The van der Waals surface area contributed by atoms with Crippen molar-refractivity contribution in [3.63, 3.8) is 0 Å². The van der Waals surface area contributed by atoms with Crippen molar-refractivity contribution < 1.29 is 29.3 Å². The third kappa shape index (κ3) is 7.69. The Bertz CT molecular complexity index is 1110. The molecular weight excluding hydrogens is 474 g/mol. The van der Waals surface area contributed by atoms with Crippen LogP contribution >= 0.6 is 0 Å². The molecule has 202 valence electrons. The van der Waals surface area contributed by atoms with E-state index in [0.29, 0.717) is 5.69 Å². The molecule has 2 aromatic carbocycles. The van der Waals surface area contributed by atoms with Gasteiger partial charge in [-0.15, -0.1) is 0 Å². The highest BCUT2D eigenvalue weighted by atomic mass is 16.6. The van der Waals surface area contributed by atoms with Gasteiger partial charge in [0.25, 0.3) is 5.91 Å². The first-order valence-corrected chi connectivity index (χ1v) is 12.2. The SMILES string of the molecule is Cc1cccc(C)c1NC(=O)C(c1ccccc1O)N(C(=O)C(CO)NC(=O)OC(C)(C)C)C(C)(C)C. The smallest absolute Gasteiger partial charge is 0.408 e. The summed E-state index contributed by atoms with van der Waals surface area (Å²) >= 11 is 0. The molecule has 0 aliphatic rings. The number of hydrogen-bond acceptors (Lipinski definition) is 6. The Morgan fingerprint density at radius 3 is 2.00 bits per heavy atom. The molecule has 2 rings (SSSR count). The molecule has 0 aliphatic heterocycles. The van der Waals surface area contributed by atoms with E-state index >= 15 is 0 Å². The second kappa shape index (κ2) is 11.6. The number of amides is 3. The Kier molecular flexibility index (Phi) is 9.33. The summed E-state index contributed by atoms with van der Waals surface area (Å²) in [5, 5.41) is 26.1. The fourth-order valence-corrected chi connectivity index (χ4v) is 3.97. The minimum absolute atomic E-state index is 0.174. The van der Waals surface area contributed by atoms with Crippen molar-refractivity contribution >= 4 is 23.6 Å². The van der Waals surface area contributed by atoms with Crippen LogP contribution in [0.1, 0.15) is 64.3 Å². The largest absolute Gasteiger partial charge is 0.508 e. The van der Waals surface area contributed by atoms with Crippen LogP contribution < -0.4 is 10.6 Å². The van der Waals surface area contributed by atoms with E-state index in [2.05, 4.69) is 10.6 Å². The third-order valence-corrected chi connectivity index (χ3v) is 5.60. The molecule has 3 amide bonds. The molecule has 9 heteroatoms. The summed E-state index contributed by atoms with van der Waals surface area (Å²) in [7, 11) is 0. The Labute approximate surface area is 218 Å². The van der Waals surface area contributed by atoms with Crippen molar-refractivity contribution in [2.24, 2.45) is 0 Å². The minimum Gasteiger partial charge on any atom is -0.508 e. The fraction of sp³-hybridized carbons (Fsp3) is 0.464. The van der Waals surface area contributed by atoms with E-state index in [1.54, 1.807) is 59.7 Å². The monoisotopic (exact) mass is 513 g/mol. The molecule has 0 fully saturated rings. The predicted molar refractivity (Wildman–Crippen MR) is 142 cm³/mol. The normalized spacial score (nSPS) is 13.3. The van der Waals surface area contributed by atoms with Crippen LogP contribution in [-0.2, 0) is 14.3 Å². The Balaban J connectivity index is 2.59. The van der Waals surface area contributed by atoms with Crippen LogP contribution in [-0.4, -0.2) is 56.8 Å². The first-order valence-electron chi connectivity index (χ1n) is 12.2. The molecule has 2 atom stereocenters. The number of para-hydroxylation sites is 2. The average molecular weight is 514 g/mol. The van der Waals surface area contributed by atoms with E-state index in [4.69, 9.17) is 4.74 Å². The molecule has 2 aromatic rings. The summed E-state index contributed by atoms with van der Waals surface area (Å²) in [6.07, 6.45) is -0.882. The summed E-state index contributed by atoms with van der Waals surface area (Å²) in [5.41, 5.74) is 0.671. The number of aromatic hydroxyl groups is 1. The lowest BCUT2D eigenvalue weighted by atomic mass is 9.94. The number of alkyl carbamates (subject to hydrolysis) is 1. The van der Waals surface area contributed by atoms with E-state index < -0.39 is 47.7 Å². The van der Waals surface area contributed by atoms with Crippen LogP contribution in [0.3, 0.4) is 0 Å². The standard InChI is InChI=1S/C28H39N3O6/c1-17-12-11-13-18(2)22(17)30-24(34)23(19-14-9-10-15-21(19)33)31(27(3,4)5)25(35)20(16-32)29-26(36)37-28(6,7)8/h9-15,20,23,32-33H,16H2,1-8H3,(H,29,36)(H,30,34). The number of anilines is 1. The van der Waals surface area contributed by atoms with Gasteiger partial charge in [-0.25, -0.2) is 4.79 Å². The Morgan fingerprint density at radius 2 is 1.51 bits per heavy atom. The lowest BCUT2D eigenvalue weighted by Gasteiger charge is -2.43. The first kappa shape index (κ1) is 29.6. The molecule has 0 radical (unpaired) electrons. The number of hydrogen-bond donors (Lipinski definition) is 4. The van der Waals surface area contributed by atoms with Gasteiger partial charge in [0.1, 0.15) is 23.4 Å². The molecule has 0 spiro atoms. The van der Waals surface area contributed by atoms with Gasteiger partial charge in [0.15, 0.2) is 0 Å². The predicted octanol–water partition coefficient (Wildman–Crippen LogP) is 4.20. The first-order chi connectivity index (χ1) is 17.1. The highest BCUT2D eigenvalue weighted by Gasteiger charge is 2.42. The summed E-state index contributed by atoms with van der Waals surface area (Å²) in [6.45, 7) is 13.2. The maximum absolute atomic E-state index is 13.9. The number of ether oxygens (including phenoxy) is 1. The van der Waals surface area contributed by atoms with Crippen LogP contribution in [0, 0.1) is 13.8 Å². The number of nitrogens with one attached hydrogen (secondary N) is 2. The molecule has 0 saturated heterocycles. The molecule has 37 heavy (non-hydrogen) atoms. The van der Waals surface area contributed by atoms with E-state index in [0.717, 1.165) is 11.1 Å². The highest BCUT2D eigenvalue weighted by molar-refractivity contribution is 6.00. The van der Waals surface area contributed by atoms with Crippen LogP contribution in [0.4, 0.5) is 10.5 Å². The van der Waals surface area contributed by atoms with Crippen LogP contribution in [0.5, 0.6) is 5.75 Å². The molecule has 2 unspecified atom stereocenters. The van der Waals surface area contributed by atoms with Gasteiger partial charge < -0.3 is 30.5 Å². The van der Waals surface area contributed by atoms with E-state index in [-0.39, 0.29) is 11.3 Å². The van der Waals surface area contributed by atoms with E-state index in [1.165, 1.54) is 11.0 Å². The number of carbonyl (C=O) groups excluding carboxylic acids is 3. The van der Waals surface area contributed by atoms with E-state index in [1.807, 2.05) is 32.0 Å². The number of nitrogens with zero attached hydrogens (tertiary/aromatic N) is 1. The van der Waals surface area contributed by atoms with Gasteiger partial charge in [0.2, 0.25) is 5.91 Å². The van der Waals surface area contributed by atoms with Gasteiger partial charge in [-0.1, -0.05) is 36.4 Å². The molecule has 0 aromatic heterocycles. The summed E-state index contributed by atoms with van der Waals surface area (Å²) < 4.78 is 5.25. The summed E-state index contributed by atoms with van der Waals surface area (Å²) in [5.74, 6) is -1.45. The molecule has 9 nitrogen and oxygen atoms in total. The Hall–Kier alpha value is -3.59. The van der Waals surface area contributed by atoms with Crippen LogP contribution in [0.15, 0.2) is 42.5 Å². The lowest BCUT2D eigenvalue weighted by Crippen LogP contribution is -2.59. The molecule has 4 N–H and O–H groups in total. The van der Waals surface area contributed by atoms with Crippen LogP contribution in [0.25, 0.3) is 0 Å². The minimum atomic E-state index is -1.39. The quantitative estimate of drug-likeness (QED) is 0.439. The second-order valence-electron chi connectivity index (χ2n) is 11.0. The maximum Gasteiger partial charge on any atom is 0.408 e. The number of carbonyl (C=O) groups is 3. The topological polar surface area (TPSA) is 128 Å². The summed E-state index contributed by atoms with van der Waals surface area (Å²) in [4.78, 5) is 41.4. The zero-order chi connectivity index (χ0) is 28.1. The van der Waals surface area contributed by atoms with Crippen molar-refractivity contribution in [2.75, 3.05) is 11.9 Å². The highest BCUT2D eigenvalue weighted by Crippen LogP contribution is 2.35. The van der Waals surface area contributed by atoms with Gasteiger partial charge >= 0.3 is 6.09 Å². The number of aliphatic hydroxyl groups is 1. The van der Waals surface area contributed by atoms with Crippen molar-refractivity contribution in [2.45, 2.75) is 78.6 Å². The van der Waals surface area contributed by atoms with Gasteiger partial charge in [-0.2, -0.15) is 0 Å². The zero-order valence-electron chi connectivity index (χ0n) is 22.9. The molecule has 0 bridgehead atoms. The van der Waals surface area contributed by atoms with Crippen molar-refractivity contribution in [3.8, 4) is 5.75 Å². The number of phenols is 1. The maximum atomic E-state index is 13.9. The van der Waals surface area contributed by atoms with Gasteiger partial charge in [0, 0.05) is 16.8 Å². The van der Waals surface area contributed by atoms with Crippen molar-refractivity contribution in [1.29, 1.82) is 0 Å². The number of aliphatic hydroxyl groups excluding tert-OH is 1. The van der Waals surface area contributed by atoms with Gasteiger partial charge in [-0.3, -0.25) is 9.59 Å². The fourth-order valence-electron chi connectivity index (χ4n) is 3.97.